The van der Waals surface area contributed by atoms with E-state index in [2.05, 4.69) is 11.9 Å². The summed E-state index contributed by atoms with van der Waals surface area (Å²) in [5, 5.41) is 2.29. The van der Waals surface area contributed by atoms with Gasteiger partial charge in [-0.15, -0.1) is 11.3 Å². The maximum absolute atomic E-state index is 13.8. The summed E-state index contributed by atoms with van der Waals surface area (Å²) in [5.74, 6) is -0.0243. The Morgan fingerprint density at radius 3 is 2.93 bits per heavy atom. The minimum Gasteiger partial charge on any atom is -0.339 e. The third-order valence-electron chi connectivity index (χ3n) is 5.59. The second-order valence-electron chi connectivity index (χ2n) is 7.54. The Kier molecular flexibility index (Phi) is 6.24. The van der Waals surface area contributed by atoms with Crippen molar-refractivity contribution in [2.24, 2.45) is 0 Å². The number of hydrogen-bond acceptors (Lipinski definition) is 5. The maximum Gasteiger partial charge on any atom is 0.276 e. The van der Waals surface area contributed by atoms with Crippen molar-refractivity contribution in [3.8, 4) is 5.69 Å². The van der Waals surface area contributed by atoms with E-state index < -0.39 is 0 Å². The molecular formula is C22H24FN3O2S2. The number of carbonyl (C=O) groups excluding carboxylic acids is 1. The molecule has 1 aliphatic rings. The van der Waals surface area contributed by atoms with E-state index in [-0.39, 0.29) is 23.0 Å². The van der Waals surface area contributed by atoms with Crippen LogP contribution in [-0.4, -0.2) is 38.7 Å². The molecule has 0 aliphatic carbocycles. The lowest BCUT2D eigenvalue weighted by Gasteiger charge is -2.35. The molecule has 1 aliphatic heterocycles. The molecule has 0 N–H and O–H groups in total. The summed E-state index contributed by atoms with van der Waals surface area (Å²) in [4.78, 5) is 32.7. The number of thiophene rings is 1. The highest BCUT2D eigenvalue weighted by Crippen LogP contribution is 2.26. The number of rotatable bonds is 5. The average molecular weight is 446 g/mol. The van der Waals surface area contributed by atoms with Crippen molar-refractivity contribution in [2.75, 3.05) is 12.3 Å². The summed E-state index contributed by atoms with van der Waals surface area (Å²) in [6.07, 6.45) is 4.20. The lowest BCUT2D eigenvalue weighted by atomic mass is 10.0. The second-order valence-corrected chi connectivity index (χ2v) is 9.40. The van der Waals surface area contributed by atoms with Gasteiger partial charge in [0.25, 0.3) is 5.56 Å². The van der Waals surface area contributed by atoms with Crippen molar-refractivity contribution in [3.63, 3.8) is 0 Å². The summed E-state index contributed by atoms with van der Waals surface area (Å²) in [6.45, 7) is 4.57. The summed E-state index contributed by atoms with van der Waals surface area (Å²) in [7, 11) is 0. The van der Waals surface area contributed by atoms with E-state index in [1.54, 1.807) is 19.1 Å². The maximum atomic E-state index is 13.8. The molecule has 3 aromatic rings. The fraction of sp³-hybridized carbons (Fsp3) is 0.409. The van der Waals surface area contributed by atoms with Crippen LogP contribution in [0.1, 0.15) is 38.2 Å². The number of hydrogen-bond donors (Lipinski definition) is 0. The van der Waals surface area contributed by atoms with E-state index in [1.165, 1.54) is 33.7 Å². The van der Waals surface area contributed by atoms with Gasteiger partial charge in [-0.25, -0.2) is 9.37 Å². The largest absolute Gasteiger partial charge is 0.339 e. The lowest BCUT2D eigenvalue weighted by Crippen LogP contribution is -2.44. The Balaban J connectivity index is 1.68. The molecule has 1 aromatic carbocycles. The number of amides is 1. The van der Waals surface area contributed by atoms with Crippen LogP contribution in [0.2, 0.25) is 0 Å². The fourth-order valence-corrected chi connectivity index (χ4v) is 5.61. The predicted molar refractivity (Wildman–Crippen MR) is 120 cm³/mol. The summed E-state index contributed by atoms with van der Waals surface area (Å²) in [5.41, 5.74) is 1.44. The second kappa shape index (κ2) is 8.89. The summed E-state index contributed by atoms with van der Waals surface area (Å²) < 4.78 is 15.8. The zero-order valence-electron chi connectivity index (χ0n) is 17.1. The van der Waals surface area contributed by atoms with Crippen LogP contribution < -0.4 is 5.56 Å². The van der Waals surface area contributed by atoms with E-state index >= 15 is 0 Å². The number of likely N-dealkylation sites (tertiary alicyclic amines) is 1. The van der Waals surface area contributed by atoms with E-state index in [0.29, 0.717) is 32.7 Å². The summed E-state index contributed by atoms with van der Waals surface area (Å²) >= 11 is 2.61. The van der Waals surface area contributed by atoms with Crippen molar-refractivity contribution in [1.29, 1.82) is 0 Å². The third kappa shape index (κ3) is 4.03. The number of halogens is 1. The molecule has 0 saturated carbocycles. The number of aromatic nitrogens is 2. The molecule has 4 rings (SSSR count). The van der Waals surface area contributed by atoms with Gasteiger partial charge in [-0.1, -0.05) is 18.7 Å². The highest BCUT2D eigenvalue weighted by atomic mass is 32.2. The van der Waals surface area contributed by atoms with Crippen LogP contribution in [0.3, 0.4) is 0 Å². The normalized spacial score (nSPS) is 16.9. The molecule has 0 bridgehead atoms. The Hall–Kier alpha value is -2.19. The number of fused-ring (bicyclic) bond motifs is 1. The molecule has 2 aromatic heterocycles. The molecular weight excluding hydrogens is 421 g/mol. The Bertz CT molecular complexity index is 1140. The monoisotopic (exact) mass is 445 g/mol. The number of thioether (sulfide) groups is 1. The van der Waals surface area contributed by atoms with Crippen LogP contribution in [0, 0.1) is 12.7 Å². The van der Waals surface area contributed by atoms with Gasteiger partial charge < -0.3 is 4.90 Å². The van der Waals surface area contributed by atoms with Crippen LogP contribution in [0.5, 0.6) is 0 Å². The molecule has 0 radical (unpaired) electrons. The van der Waals surface area contributed by atoms with Gasteiger partial charge >= 0.3 is 0 Å². The predicted octanol–water partition coefficient (Wildman–Crippen LogP) is 4.78. The quantitative estimate of drug-likeness (QED) is 0.419. The molecule has 1 atom stereocenters. The fourth-order valence-electron chi connectivity index (χ4n) is 3.95. The van der Waals surface area contributed by atoms with Gasteiger partial charge in [0.1, 0.15) is 10.5 Å². The number of benzene rings is 1. The third-order valence-corrected chi connectivity index (χ3v) is 7.41. The number of piperidine rings is 1. The van der Waals surface area contributed by atoms with E-state index in [1.807, 2.05) is 16.3 Å². The van der Waals surface area contributed by atoms with Crippen molar-refractivity contribution < 1.29 is 9.18 Å². The smallest absolute Gasteiger partial charge is 0.276 e. The molecule has 1 saturated heterocycles. The minimum atomic E-state index is -0.322. The van der Waals surface area contributed by atoms with Gasteiger partial charge in [0.15, 0.2) is 5.16 Å². The van der Waals surface area contributed by atoms with Crippen LogP contribution in [0.25, 0.3) is 15.9 Å². The van der Waals surface area contributed by atoms with Crippen molar-refractivity contribution in [1.82, 2.24) is 14.5 Å². The first-order chi connectivity index (χ1) is 14.5. The minimum absolute atomic E-state index is 0.0769. The number of nitrogens with zero attached hydrogens (tertiary/aromatic N) is 3. The van der Waals surface area contributed by atoms with E-state index in [0.717, 1.165) is 32.2 Å². The number of carbonyl (C=O) groups is 1. The first kappa shape index (κ1) is 21.1. The molecule has 3 heterocycles. The average Bonchev–Trinajstić information content (AvgIpc) is 3.23. The Morgan fingerprint density at radius 2 is 2.17 bits per heavy atom. The van der Waals surface area contributed by atoms with Crippen LogP contribution in [-0.2, 0) is 4.79 Å². The zero-order valence-corrected chi connectivity index (χ0v) is 18.7. The molecule has 0 unspecified atom stereocenters. The van der Waals surface area contributed by atoms with Crippen molar-refractivity contribution >= 4 is 39.2 Å². The highest BCUT2D eigenvalue weighted by molar-refractivity contribution is 7.99. The summed E-state index contributed by atoms with van der Waals surface area (Å²) in [6, 6.07) is 6.68. The lowest BCUT2D eigenvalue weighted by molar-refractivity contribution is -0.132. The number of aryl methyl sites for hydroxylation is 1. The van der Waals surface area contributed by atoms with Gasteiger partial charge in [-0.3, -0.25) is 14.2 Å². The SMILES string of the molecule is CC[C@@H]1CCCCN1C(=O)CSc1nc2ccsc2c(=O)n1-c1ccc(F)c(C)c1. The van der Waals surface area contributed by atoms with Gasteiger partial charge in [-0.2, -0.15) is 0 Å². The molecule has 158 valence electrons. The molecule has 8 heteroatoms. The first-order valence-electron chi connectivity index (χ1n) is 10.2. The Morgan fingerprint density at radius 1 is 1.33 bits per heavy atom. The highest BCUT2D eigenvalue weighted by Gasteiger charge is 2.26. The van der Waals surface area contributed by atoms with Gasteiger partial charge in [-0.05, 0) is 67.8 Å². The van der Waals surface area contributed by atoms with Crippen LogP contribution >= 0.6 is 23.1 Å². The zero-order chi connectivity index (χ0) is 21.3. The van der Waals surface area contributed by atoms with Gasteiger partial charge in [0.2, 0.25) is 5.91 Å². The van der Waals surface area contributed by atoms with Crippen LogP contribution in [0.15, 0.2) is 39.6 Å². The molecule has 0 spiro atoms. The van der Waals surface area contributed by atoms with Gasteiger partial charge in [0, 0.05) is 12.6 Å². The standard InChI is InChI=1S/C22H24FN3O2S2/c1-3-15-6-4-5-10-25(15)19(27)13-30-22-24-18-9-11-29-20(18)21(28)26(22)16-7-8-17(23)14(2)12-16/h7-9,11-12,15H,3-6,10,13H2,1-2H3/t15-/m1/s1. The van der Waals surface area contributed by atoms with E-state index in [9.17, 15) is 14.0 Å². The first-order valence-corrected chi connectivity index (χ1v) is 12.0. The molecule has 5 nitrogen and oxygen atoms in total. The molecule has 1 amide bonds. The van der Waals surface area contributed by atoms with Gasteiger partial charge in [0.05, 0.1) is 17.0 Å². The van der Waals surface area contributed by atoms with Crippen molar-refractivity contribution in [2.45, 2.75) is 50.7 Å². The molecule has 30 heavy (non-hydrogen) atoms. The van der Waals surface area contributed by atoms with Crippen LogP contribution in [0.4, 0.5) is 4.39 Å². The Labute approximate surface area is 182 Å². The van der Waals surface area contributed by atoms with Crippen molar-refractivity contribution in [3.05, 3.63) is 51.4 Å². The molecule has 1 fully saturated rings. The topological polar surface area (TPSA) is 55.2 Å². The van der Waals surface area contributed by atoms with E-state index in [4.69, 9.17) is 0 Å².